The van der Waals surface area contributed by atoms with Crippen LogP contribution in [0.1, 0.15) is 26.7 Å². The van der Waals surface area contributed by atoms with E-state index in [0.717, 1.165) is 25.1 Å². The first-order valence-corrected chi connectivity index (χ1v) is 6.49. The molecule has 0 spiro atoms. The SMILES string of the molecule is CSCCCNC(=O)[C@@H](N)CC(C)C.Cl. The Morgan fingerprint density at radius 3 is 2.53 bits per heavy atom. The van der Waals surface area contributed by atoms with E-state index in [1.165, 1.54) is 0 Å². The Morgan fingerprint density at radius 1 is 1.47 bits per heavy atom. The second kappa shape index (κ2) is 10.6. The summed E-state index contributed by atoms with van der Waals surface area (Å²) in [6.07, 6.45) is 3.84. The van der Waals surface area contributed by atoms with Gasteiger partial charge in [0.05, 0.1) is 6.04 Å². The summed E-state index contributed by atoms with van der Waals surface area (Å²) >= 11 is 1.79. The van der Waals surface area contributed by atoms with E-state index >= 15 is 0 Å². The number of halogens is 1. The van der Waals surface area contributed by atoms with Gasteiger partial charge >= 0.3 is 0 Å². The molecule has 0 rings (SSSR count). The van der Waals surface area contributed by atoms with Crippen LogP contribution in [0.25, 0.3) is 0 Å². The molecule has 3 nitrogen and oxygen atoms in total. The summed E-state index contributed by atoms with van der Waals surface area (Å²) in [6.45, 7) is 4.88. The number of amides is 1. The van der Waals surface area contributed by atoms with Crippen molar-refractivity contribution < 1.29 is 4.79 Å². The lowest BCUT2D eigenvalue weighted by atomic mass is 10.0. The second-order valence-corrected chi connectivity index (χ2v) is 4.86. The highest BCUT2D eigenvalue weighted by Crippen LogP contribution is 2.02. The van der Waals surface area contributed by atoms with E-state index in [1.54, 1.807) is 11.8 Å². The van der Waals surface area contributed by atoms with Gasteiger partial charge in [0.1, 0.15) is 0 Å². The van der Waals surface area contributed by atoms with Crippen molar-refractivity contribution in [2.24, 2.45) is 11.7 Å². The predicted molar refractivity (Wildman–Crippen MR) is 70.7 cm³/mol. The molecule has 0 aromatic carbocycles. The van der Waals surface area contributed by atoms with E-state index in [-0.39, 0.29) is 24.4 Å². The van der Waals surface area contributed by atoms with Crippen LogP contribution < -0.4 is 11.1 Å². The number of rotatable bonds is 7. The third-order valence-corrected chi connectivity index (χ3v) is 2.58. The number of carbonyl (C=O) groups is 1. The maximum atomic E-state index is 11.4. The highest BCUT2D eigenvalue weighted by atomic mass is 35.5. The molecule has 5 heteroatoms. The first-order chi connectivity index (χ1) is 6.57. The maximum Gasteiger partial charge on any atom is 0.236 e. The summed E-state index contributed by atoms with van der Waals surface area (Å²) < 4.78 is 0. The Balaban J connectivity index is 0. The fourth-order valence-corrected chi connectivity index (χ4v) is 1.61. The van der Waals surface area contributed by atoms with Crippen LogP contribution in [-0.2, 0) is 4.79 Å². The molecule has 0 aliphatic heterocycles. The minimum atomic E-state index is -0.343. The van der Waals surface area contributed by atoms with E-state index in [2.05, 4.69) is 25.4 Å². The van der Waals surface area contributed by atoms with Gasteiger partial charge in [-0.05, 0) is 30.8 Å². The van der Waals surface area contributed by atoms with Gasteiger partial charge in [-0.25, -0.2) is 0 Å². The number of hydrogen-bond donors (Lipinski definition) is 2. The quantitative estimate of drug-likeness (QED) is 0.680. The number of carbonyl (C=O) groups excluding carboxylic acids is 1. The van der Waals surface area contributed by atoms with Gasteiger partial charge in [-0.2, -0.15) is 11.8 Å². The van der Waals surface area contributed by atoms with Crippen molar-refractivity contribution in [3.8, 4) is 0 Å². The summed E-state index contributed by atoms with van der Waals surface area (Å²) in [7, 11) is 0. The van der Waals surface area contributed by atoms with Gasteiger partial charge in [0.15, 0.2) is 0 Å². The van der Waals surface area contributed by atoms with Gasteiger partial charge < -0.3 is 11.1 Å². The van der Waals surface area contributed by atoms with Gasteiger partial charge in [0.25, 0.3) is 0 Å². The van der Waals surface area contributed by atoms with Crippen LogP contribution >= 0.6 is 24.2 Å². The van der Waals surface area contributed by atoms with Crippen molar-refractivity contribution in [3.63, 3.8) is 0 Å². The van der Waals surface area contributed by atoms with Crippen molar-refractivity contribution in [1.82, 2.24) is 5.32 Å². The van der Waals surface area contributed by atoms with Crippen LogP contribution in [0.15, 0.2) is 0 Å². The van der Waals surface area contributed by atoms with Gasteiger partial charge in [0, 0.05) is 6.54 Å². The summed E-state index contributed by atoms with van der Waals surface area (Å²) in [5.74, 6) is 1.54. The van der Waals surface area contributed by atoms with Crippen LogP contribution in [0.2, 0.25) is 0 Å². The molecule has 0 aliphatic rings. The minimum Gasteiger partial charge on any atom is -0.355 e. The molecule has 0 heterocycles. The largest absolute Gasteiger partial charge is 0.355 e. The highest BCUT2D eigenvalue weighted by molar-refractivity contribution is 7.98. The average Bonchev–Trinajstić information content (AvgIpc) is 2.11. The lowest BCUT2D eigenvalue weighted by Gasteiger charge is -2.13. The average molecular weight is 255 g/mol. The van der Waals surface area contributed by atoms with Crippen LogP contribution in [0.5, 0.6) is 0 Å². The van der Waals surface area contributed by atoms with Crippen molar-refractivity contribution in [3.05, 3.63) is 0 Å². The molecular formula is C10H23ClN2OS. The molecule has 3 N–H and O–H groups in total. The molecule has 1 amide bonds. The first kappa shape index (κ1) is 17.5. The van der Waals surface area contributed by atoms with Gasteiger partial charge in [-0.3, -0.25) is 4.79 Å². The Kier molecular flexibility index (Phi) is 12.3. The second-order valence-electron chi connectivity index (χ2n) is 3.87. The maximum absolute atomic E-state index is 11.4. The number of hydrogen-bond acceptors (Lipinski definition) is 3. The van der Waals surface area contributed by atoms with E-state index < -0.39 is 0 Å². The lowest BCUT2D eigenvalue weighted by molar-refractivity contribution is -0.122. The van der Waals surface area contributed by atoms with Crippen LogP contribution in [0, 0.1) is 5.92 Å². The molecule has 0 unspecified atom stereocenters. The highest BCUT2D eigenvalue weighted by Gasteiger charge is 2.13. The van der Waals surface area contributed by atoms with Crippen LogP contribution in [-0.4, -0.2) is 30.5 Å². The van der Waals surface area contributed by atoms with E-state index in [1.807, 2.05) is 0 Å². The zero-order valence-corrected chi connectivity index (χ0v) is 11.4. The third kappa shape index (κ3) is 10.4. The Labute approximate surface area is 103 Å². The summed E-state index contributed by atoms with van der Waals surface area (Å²) in [6, 6.07) is -0.343. The molecule has 0 bridgehead atoms. The molecule has 0 fully saturated rings. The molecule has 0 radical (unpaired) electrons. The van der Waals surface area contributed by atoms with Crippen molar-refractivity contribution in [2.45, 2.75) is 32.7 Å². The normalized spacial score (nSPS) is 12.1. The molecule has 15 heavy (non-hydrogen) atoms. The van der Waals surface area contributed by atoms with Crippen molar-refractivity contribution in [1.29, 1.82) is 0 Å². The predicted octanol–water partition coefficient (Wildman–Crippen LogP) is 1.65. The summed E-state index contributed by atoms with van der Waals surface area (Å²) in [4.78, 5) is 11.4. The summed E-state index contributed by atoms with van der Waals surface area (Å²) in [5, 5.41) is 2.85. The standard InChI is InChI=1S/C10H22N2OS.ClH/c1-8(2)7-9(11)10(13)12-5-4-6-14-3;/h8-9H,4-7,11H2,1-3H3,(H,12,13);1H/t9-;/m0./s1. The Hall–Kier alpha value is 0.0700. The first-order valence-electron chi connectivity index (χ1n) is 5.10. The van der Waals surface area contributed by atoms with E-state index in [9.17, 15) is 4.79 Å². The Morgan fingerprint density at radius 2 is 2.07 bits per heavy atom. The molecular weight excluding hydrogens is 232 g/mol. The van der Waals surface area contributed by atoms with Crippen molar-refractivity contribution in [2.75, 3.05) is 18.6 Å². The molecule has 1 atom stereocenters. The Bertz CT molecular complexity index is 168. The molecule has 0 aromatic rings. The lowest BCUT2D eigenvalue weighted by Crippen LogP contribution is -2.41. The van der Waals surface area contributed by atoms with Crippen molar-refractivity contribution >= 4 is 30.1 Å². The molecule has 92 valence electrons. The number of nitrogens with two attached hydrogens (primary N) is 1. The topological polar surface area (TPSA) is 55.1 Å². The van der Waals surface area contributed by atoms with Gasteiger partial charge in [0.2, 0.25) is 5.91 Å². The fraction of sp³-hybridized carbons (Fsp3) is 0.900. The van der Waals surface area contributed by atoms with E-state index in [4.69, 9.17) is 5.73 Å². The zero-order valence-electron chi connectivity index (χ0n) is 9.79. The molecule has 0 saturated carbocycles. The van der Waals surface area contributed by atoms with Crippen LogP contribution in [0.3, 0.4) is 0 Å². The molecule has 0 saturated heterocycles. The number of thioether (sulfide) groups is 1. The van der Waals surface area contributed by atoms with Gasteiger partial charge in [-0.1, -0.05) is 13.8 Å². The zero-order chi connectivity index (χ0) is 11.0. The number of nitrogens with one attached hydrogen (secondary N) is 1. The van der Waals surface area contributed by atoms with E-state index in [0.29, 0.717) is 5.92 Å². The minimum absolute atomic E-state index is 0. The smallest absolute Gasteiger partial charge is 0.236 e. The molecule has 0 aromatic heterocycles. The molecule has 0 aliphatic carbocycles. The fourth-order valence-electron chi connectivity index (χ4n) is 1.17. The summed E-state index contributed by atoms with van der Waals surface area (Å²) in [5.41, 5.74) is 5.72. The van der Waals surface area contributed by atoms with Gasteiger partial charge in [-0.15, -0.1) is 12.4 Å². The van der Waals surface area contributed by atoms with Crippen LogP contribution in [0.4, 0.5) is 0 Å². The third-order valence-electron chi connectivity index (χ3n) is 1.89. The monoisotopic (exact) mass is 254 g/mol.